The summed E-state index contributed by atoms with van der Waals surface area (Å²) >= 11 is 0. The van der Waals surface area contributed by atoms with Crippen LogP contribution < -0.4 is 4.90 Å². The predicted octanol–water partition coefficient (Wildman–Crippen LogP) is 2.94. The monoisotopic (exact) mass is 450 g/mol. The van der Waals surface area contributed by atoms with Crippen molar-refractivity contribution in [2.45, 2.75) is 43.6 Å². The zero-order valence-corrected chi connectivity index (χ0v) is 17.6. The maximum Gasteiger partial charge on any atom is 0.257 e. The molecule has 2 aromatic heterocycles. The van der Waals surface area contributed by atoms with Gasteiger partial charge in [0.05, 0.1) is 23.9 Å². The molecule has 0 bridgehead atoms. The van der Waals surface area contributed by atoms with Gasteiger partial charge in [0.1, 0.15) is 17.9 Å². The number of hydrogen-bond acceptors (Lipinski definition) is 6. The minimum atomic E-state index is -0.954. The van der Waals surface area contributed by atoms with Crippen LogP contribution in [0.15, 0.2) is 36.7 Å². The first kappa shape index (κ1) is 20.1. The quantitative estimate of drug-likeness (QED) is 0.597. The average Bonchev–Trinajstić information content (AvgIpc) is 3.49. The molecule has 3 saturated heterocycles. The summed E-state index contributed by atoms with van der Waals surface area (Å²) < 4.78 is 36.3. The molecule has 0 saturated carbocycles. The average molecular weight is 450 g/mol. The Kier molecular flexibility index (Phi) is 4.39. The van der Waals surface area contributed by atoms with Crippen LogP contribution in [0.1, 0.15) is 42.9 Å². The van der Waals surface area contributed by atoms with Gasteiger partial charge in [0.25, 0.3) is 5.91 Å². The van der Waals surface area contributed by atoms with Gasteiger partial charge in [0, 0.05) is 37.7 Å². The van der Waals surface area contributed by atoms with Gasteiger partial charge in [-0.05, 0) is 37.1 Å². The van der Waals surface area contributed by atoms with Crippen molar-refractivity contribution in [3.05, 3.63) is 59.4 Å². The molecule has 168 valence electrons. The van der Waals surface area contributed by atoms with Crippen molar-refractivity contribution in [2.75, 3.05) is 18.0 Å². The summed E-state index contributed by atoms with van der Waals surface area (Å²) in [7, 11) is 0. The van der Waals surface area contributed by atoms with Crippen LogP contribution in [0, 0.1) is 23.0 Å². The van der Waals surface area contributed by atoms with E-state index in [1.54, 1.807) is 17.2 Å². The van der Waals surface area contributed by atoms with Gasteiger partial charge in [-0.15, -0.1) is 0 Å². The smallest absolute Gasteiger partial charge is 0.257 e. The first-order chi connectivity index (χ1) is 16.0. The number of fused-ring (bicyclic) bond motifs is 2. The second-order valence-electron chi connectivity index (χ2n) is 8.74. The maximum absolute atomic E-state index is 14.6. The van der Waals surface area contributed by atoms with Crippen LogP contribution in [0.4, 0.5) is 14.6 Å². The third kappa shape index (κ3) is 2.92. The van der Waals surface area contributed by atoms with Crippen LogP contribution >= 0.6 is 0 Å². The van der Waals surface area contributed by atoms with E-state index in [1.807, 2.05) is 11.0 Å². The number of benzene rings is 1. The number of ether oxygens (including phenoxy) is 1. The largest absolute Gasteiger partial charge is 0.356 e. The molecule has 10 heteroatoms. The van der Waals surface area contributed by atoms with E-state index in [-0.39, 0.29) is 11.6 Å². The summed E-state index contributed by atoms with van der Waals surface area (Å²) in [6.45, 7) is 1.05. The number of carbonyl (C=O) groups is 1. The lowest BCUT2D eigenvalue weighted by molar-refractivity contribution is -0.140. The Balaban J connectivity index is 1.24. The molecule has 8 nitrogen and oxygen atoms in total. The van der Waals surface area contributed by atoms with Gasteiger partial charge in [-0.1, -0.05) is 0 Å². The highest BCUT2D eigenvalue weighted by Gasteiger charge is 2.58. The normalized spacial score (nSPS) is 24.0. The Hall–Kier alpha value is -3.58. The molecule has 3 fully saturated rings. The summed E-state index contributed by atoms with van der Waals surface area (Å²) in [5.41, 5.74) is -0.0666. The topological polar surface area (TPSA) is 86.8 Å². The summed E-state index contributed by atoms with van der Waals surface area (Å²) in [6.07, 6.45) is 4.41. The van der Waals surface area contributed by atoms with Gasteiger partial charge in [-0.3, -0.25) is 4.79 Å². The molecule has 1 amide bonds. The molecule has 3 aromatic rings. The van der Waals surface area contributed by atoms with Crippen LogP contribution in [0.3, 0.4) is 0 Å². The van der Waals surface area contributed by atoms with Gasteiger partial charge in [0.2, 0.25) is 0 Å². The van der Waals surface area contributed by atoms with Gasteiger partial charge < -0.3 is 14.5 Å². The Labute approximate surface area is 188 Å². The second-order valence-corrected chi connectivity index (χ2v) is 8.74. The lowest BCUT2D eigenvalue weighted by atomic mass is 9.89. The number of carbonyl (C=O) groups excluding carboxylic acids is 1. The lowest BCUT2D eigenvalue weighted by Gasteiger charge is -2.38. The van der Waals surface area contributed by atoms with E-state index in [2.05, 4.69) is 10.1 Å². The molecule has 0 radical (unpaired) electrons. The number of aromatic nitrogens is 3. The molecule has 5 heterocycles. The molecule has 0 aliphatic carbocycles. The summed E-state index contributed by atoms with van der Waals surface area (Å²) in [6, 6.07) is 7.61. The Morgan fingerprint density at radius 1 is 1.15 bits per heavy atom. The van der Waals surface area contributed by atoms with Gasteiger partial charge in [-0.2, -0.15) is 14.9 Å². The van der Waals surface area contributed by atoms with Crippen LogP contribution in [0.25, 0.3) is 5.65 Å². The van der Waals surface area contributed by atoms with Crippen molar-refractivity contribution in [2.24, 2.45) is 0 Å². The standard InChI is InChI=1S/C23H20F2N6O2/c24-16-2-1-14(12-26)11-15(16)18-3-4-20-30(18)22(32)23(33-20)6-9-29(10-7-23)19-5-8-27-21-17(25)13-28-31(19)21/h1-2,5,8,11,13,18,20H,3-4,6-7,9-10H2/t18-,20+/m0/s1. The van der Waals surface area contributed by atoms with Crippen molar-refractivity contribution >= 4 is 17.4 Å². The Morgan fingerprint density at radius 2 is 1.97 bits per heavy atom. The number of hydrogen-bond donors (Lipinski definition) is 0. The van der Waals surface area contributed by atoms with Crippen molar-refractivity contribution in [3.63, 3.8) is 0 Å². The van der Waals surface area contributed by atoms with Crippen LogP contribution in [-0.4, -0.2) is 50.3 Å². The first-order valence-corrected chi connectivity index (χ1v) is 10.9. The van der Waals surface area contributed by atoms with E-state index >= 15 is 0 Å². The molecular weight excluding hydrogens is 430 g/mol. The third-order valence-corrected chi connectivity index (χ3v) is 7.04. The number of nitrogens with zero attached hydrogens (tertiary/aromatic N) is 6. The van der Waals surface area contributed by atoms with Crippen LogP contribution in [-0.2, 0) is 9.53 Å². The third-order valence-electron chi connectivity index (χ3n) is 7.04. The van der Waals surface area contributed by atoms with Crippen molar-refractivity contribution in [1.29, 1.82) is 5.26 Å². The predicted molar refractivity (Wildman–Crippen MR) is 112 cm³/mol. The van der Waals surface area contributed by atoms with E-state index in [0.29, 0.717) is 55.7 Å². The molecule has 3 aliphatic rings. The molecule has 6 rings (SSSR count). The summed E-state index contributed by atoms with van der Waals surface area (Å²) in [5, 5.41) is 13.3. The highest BCUT2D eigenvalue weighted by molar-refractivity contribution is 5.88. The summed E-state index contributed by atoms with van der Waals surface area (Å²) in [4.78, 5) is 21.3. The molecule has 2 atom stereocenters. The Bertz CT molecular complexity index is 1310. The van der Waals surface area contributed by atoms with E-state index in [0.717, 1.165) is 6.20 Å². The lowest BCUT2D eigenvalue weighted by Crippen LogP contribution is -2.50. The molecule has 1 spiro atoms. The zero-order valence-electron chi connectivity index (χ0n) is 17.6. The number of piperidine rings is 1. The molecule has 0 unspecified atom stereocenters. The first-order valence-electron chi connectivity index (χ1n) is 10.9. The SMILES string of the molecule is N#Cc1ccc(F)c([C@@H]2CC[C@H]3OC4(CCN(c5ccnc6c(F)cnn56)CC4)C(=O)N32)c1. The van der Waals surface area contributed by atoms with E-state index in [1.165, 1.54) is 22.7 Å². The minimum Gasteiger partial charge on any atom is -0.356 e. The maximum atomic E-state index is 14.6. The van der Waals surface area contributed by atoms with E-state index < -0.39 is 29.5 Å². The van der Waals surface area contributed by atoms with Crippen molar-refractivity contribution in [1.82, 2.24) is 19.5 Å². The molecule has 3 aliphatic heterocycles. The van der Waals surface area contributed by atoms with Gasteiger partial charge in [-0.25, -0.2) is 13.8 Å². The number of nitriles is 1. The number of rotatable bonds is 2. The second kappa shape index (κ2) is 7.22. The van der Waals surface area contributed by atoms with Gasteiger partial charge in [0.15, 0.2) is 17.1 Å². The van der Waals surface area contributed by atoms with Crippen LogP contribution in [0.2, 0.25) is 0 Å². The molecule has 33 heavy (non-hydrogen) atoms. The molecule has 1 aromatic carbocycles. The van der Waals surface area contributed by atoms with Gasteiger partial charge >= 0.3 is 0 Å². The minimum absolute atomic E-state index is 0.124. The van der Waals surface area contributed by atoms with Crippen LogP contribution in [0.5, 0.6) is 0 Å². The molecule has 0 N–H and O–H groups in total. The zero-order chi connectivity index (χ0) is 22.7. The number of halogens is 2. The Morgan fingerprint density at radius 3 is 2.76 bits per heavy atom. The van der Waals surface area contributed by atoms with Crippen molar-refractivity contribution in [3.8, 4) is 6.07 Å². The highest BCUT2D eigenvalue weighted by Crippen LogP contribution is 2.48. The van der Waals surface area contributed by atoms with E-state index in [4.69, 9.17) is 4.74 Å². The fraction of sp³-hybridized carbons (Fsp3) is 0.391. The number of anilines is 1. The van der Waals surface area contributed by atoms with E-state index in [9.17, 15) is 18.8 Å². The van der Waals surface area contributed by atoms with Crippen molar-refractivity contribution < 1.29 is 18.3 Å². The molecular formula is C23H20F2N6O2. The highest BCUT2D eigenvalue weighted by atomic mass is 19.1. The summed E-state index contributed by atoms with van der Waals surface area (Å²) in [5.74, 6) is -0.324. The fourth-order valence-electron chi connectivity index (χ4n) is 5.41. The number of amides is 1. The fourth-order valence-corrected chi connectivity index (χ4v) is 5.41.